The van der Waals surface area contributed by atoms with Gasteiger partial charge in [-0.3, -0.25) is 0 Å². The van der Waals surface area contributed by atoms with Crippen LogP contribution in [-0.4, -0.2) is 15.2 Å². The van der Waals surface area contributed by atoms with E-state index in [9.17, 15) is 0 Å². The lowest BCUT2D eigenvalue weighted by atomic mass is 10.1. The third-order valence-corrected chi connectivity index (χ3v) is 3.40. The van der Waals surface area contributed by atoms with Crippen molar-refractivity contribution in [1.82, 2.24) is 15.2 Å². The second kappa shape index (κ2) is 7.20. The third kappa shape index (κ3) is 4.05. The summed E-state index contributed by atoms with van der Waals surface area (Å²) >= 11 is 0. The van der Waals surface area contributed by atoms with Crippen LogP contribution in [0.15, 0.2) is 54.7 Å². The molecule has 3 rings (SSSR count). The van der Waals surface area contributed by atoms with Gasteiger partial charge in [-0.2, -0.15) is 15.3 Å². The zero-order valence-electron chi connectivity index (χ0n) is 13.2. The summed E-state index contributed by atoms with van der Waals surface area (Å²) in [4.78, 5) is 4.38. The van der Waals surface area contributed by atoms with Crippen molar-refractivity contribution in [1.29, 1.82) is 5.26 Å². The van der Waals surface area contributed by atoms with E-state index in [0.717, 1.165) is 11.3 Å². The molecule has 1 aromatic heterocycles. The van der Waals surface area contributed by atoms with Crippen molar-refractivity contribution in [2.24, 2.45) is 0 Å². The zero-order chi connectivity index (χ0) is 16.8. The van der Waals surface area contributed by atoms with E-state index in [0.29, 0.717) is 23.9 Å². The van der Waals surface area contributed by atoms with Gasteiger partial charge in [0, 0.05) is 12.2 Å². The van der Waals surface area contributed by atoms with Crippen LogP contribution in [0.25, 0.3) is 0 Å². The summed E-state index contributed by atoms with van der Waals surface area (Å²) in [5, 5.41) is 23.1. The van der Waals surface area contributed by atoms with Gasteiger partial charge in [-0.25, -0.2) is 0 Å². The molecule has 0 aliphatic rings. The number of aromatic nitrogens is 3. The normalized spacial score (nSPS) is 10.0. The molecular formula is C18H16N6. The molecule has 0 spiro atoms. The molecule has 6 nitrogen and oxygen atoms in total. The van der Waals surface area contributed by atoms with Crippen LogP contribution < -0.4 is 10.6 Å². The van der Waals surface area contributed by atoms with E-state index in [1.54, 1.807) is 24.4 Å². The fourth-order valence-corrected chi connectivity index (χ4v) is 2.14. The van der Waals surface area contributed by atoms with Gasteiger partial charge in [0.05, 0.1) is 17.8 Å². The van der Waals surface area contributed by atoms with E-state index in [1.807, 2.05) is 6.07 Å². The highest BCUT2D eigenvalue weighted by molar-refractivity contribution is 5.56. The number of nitrogens with one attached hydrogen (secondary N) is 2. The summed E-state index contributed by atoms with van der Waals surface area (Å²) in [6.07, 6.45) is 1.57. The number of benzene rings is 2. The first-order valence-corrected chi connectivity index (χ1v) is 7.49. The summed E-state index contributed by atoms with van der Waals surface area (Å²) < 4.78 is 0. The van der Waals surface area contributed by atoms with Gasteiger partial charge in [-0.15, -0.1) is 5.10 Å². The summed E-state index contributed by atoms with van der Waals surface area (Å²) in [6.45, 7) is 2.72. The van der Waals surface area contributed by atoms with Crippen molar-refractivity contribution in [2.45, 2.75) is 13.5 Å². The fraction of sp³-hybridized carbons (Fsp3) is 0.111. The Morgan fingerprint density at radius 1 is 1.12 bits per heavy atom. The molecule has 0 aliphatic carbocycles. The topological polar surface area (TPSA) is 86.5 Å². The Labute approximate surface area is 140 Å². The maximum absolute atomic E-state index is 8.94. The molecule has 0 saturated heterocycles. The first kappa shape index (κ1) is 15.4. The number of nitrogens with zero attached hydrogens (tertiary/aromatic N) is 4. The van der Waals surface area contributed by atoms with Gasteiger partial charge in [-0.1, -0.05) is 35.9 Å². The van der Waals surface area contributed by atoms with Gasteiger partial charge in [-0.05, 0) is 30.7 Å². The third-order valence-electron chi connectivity index (χ3n) is 3.40. The molecular weight excluding hydrogens is 300 g/mol. The molecule has 0 radical (unpaired) electrons. The second-order valence-electron chi connectivity index (χ2n) is 5.32. The molecule has 118 valence electrons. The summed E-state index contributed by atoms with van der Waals surface area (Å²) in [7, 11) is 0. The van der Waals surface area contributed by atoms with E-state index >= 15 is 0 Å². The Bertz CT molecular complexity index is 867. The number of rotatable bonds is 5. The van der Waals surface area contributed by atoms with Gasteiger partial charge < -0.3 is 10.6 Å². The fourth-order valence-electron chi connectivity index (χ4n) is 2.14. The smallest absolute Gasteiger partial charge is 0.249 e. The van der Waals surface area contributed by atoms with Crippen LogP contribution in [0.3, 0.4) is 0 Å². The lowest BCUT2D eigenvalue weighted by molar-refractivity contribution is 0.965. The zero-order valence-corrected chi connectivity index (χ0v) is 13.2. The maximum Gasteiger partial charge on any atom is 0.249 e. The van der Waals surface area contributed by atoms with Crippen molar-refractivity contribution in [3.8, 4) is 6.07 Å². The van der Waals surface area contributed by atoms with Crippen molar-refractivity contribution >= 4 is 17.5 Å². The van der Waals surface area contributed by atoms with Crippen molar-refractivity contribution in [2.75, 3.05) is 10.6 Å². The predicted octanol–water partition coefficient (Wildman–Crippen LogP) is 3.41. The molecule has 0 unspecified atom stereocenters. The van der Waals surface area contributed by atoms with E-state index in [4.69, 9.17) is 5.26 Å². The SMILES string of the molecule is Cc1ccc(CNc2cnnc(Nc3cccc(C#N)c3)n2)cc1. The summed E-state index contributed by atoms with van der Waals surface area (Å²) in [5.74, 6) is 1.00. The van der Waals surface area contributed by atoms with Crippen molar-refractivity contribution < 1.29 is 0 Å². The molecule has 3 aromatic rings. The molecule has 1 heterocycles. The highest BCUT2D eigenvalue weighted by Gasteiger charge is 2.02. The van der Waals surface area contributed by atoms with Crippen LogP contribution in [0, 0.1) is 18.3 Å². The van der Waals surface area contributed by atoms with E-state index in [-0.39, 0.29) is 0 Å². The first-order valence-electron chi connectivity index (χ1n) is 7.49. The van der Waals surface area contributed by atoms with Crippen LogP contribution in [0.4, 0.5) is 17.5 Å². The first-order chi connectivity index (χ1) is 11.7. The Balaban J connectivity index is 1.67. The Hall–Kier alpha value is -3.46. The minimum absolute atomic E-state index is 0.374. The molecule has 6 heteroatoms. The predicted molar refractivity (Wildman–Crippen MR) is 92.8 cm³/mol. The Kier molecular flexibility index (Phi) is 4.63. The molecule has 0 amide bonds. The highest BCUT2D eigenvalue weighted by atomic mass is 15.3. The standard InChI is InChI=1S/C18H16N6/c1-13-5-7-14(8-6-13)11-20-17-12-21-24-18(23-17)22-16-4-2-3-15(9-16)10-19/h2-9,12H,11H2,1H3,(H2,20,22,23,24). The largest absolute Gasteiger partial charge is 0.365 e. The molecule has 0 aliphatic heterocycles. The van der Waals surface area contributed by atoms with E-state index in [1.165, 1.54) is 5.56 Å². The Morgan fingerprint density at radius 3 is 2.75 bits per heavy atom. The lowest BCUT2D eigenvalue weighted by Gasteiger charge is -2.08. The quantitative estimate of drug-likeness (QED) is 0.750. The minimum Gasteiger partial charge on any atom is -0.365 e. The van der Waals surface area contributed by atoms with Gasteiger partial charge in [0.15, 0.2) is 5.82 Å². The number of aryl methyl sites for hydroxylation is 1. The average molecular weight is 316 g/mol. The number of hydrogen-bond donors (Lipinski definition) is 2. The summed E-state index contributed by atoms with van der Waals surface area (Å²) in [5.41, 5.74) is 3.71. The van der Waals surface area contributed by atoms with Crippen molar-refractivity contribution in [3.05, 3.63) is 71.4 Å². The van der Waals surface area contributed by atoms with E-state index in [2.05, 4.69) is 63.1 Å². The highest BCUT2D eigenvalue weighted by Crippen LogP contribution is 2.15. The van der Waals surface area contributed by atoms with Crippen LogP contribution in [0.1, 0.15) is 16.7 Å². The van der Waals surface area contributed by atoms with Crippen LogP contribution in [0.2, 0.25) is 0 Å². The van der Waals surface area contributed by atoms with E-state index < -0.39 is 0 Å². The molecule has 0 atom stereocenters. The lowest BCUT2D eigenvalue weighted by Crippen LogP contribution is -2.05. The second-order valence-corrected chi connectivity index (χ2v) is 5.32. The van der Waals surface area contributed by atoms with Crippen LogP contribution in [0.5, 0.6) is 0 Å². The monoisotopic (exact) mass is 316 g/mol. The van der Waals surface area contributed by atoms with Gasteiger partial charge in [0.25, 0.3) is 0 Å². The van der Waals surface area contributed by atoms with Gasteiger partial charge in [0.1, 0.15) is 0 Å². The van der Waals surface area contributed by atoms with Gasteiger partial charge in [0.2, 0.25) is 5.95 Å². The molecule has 2 N–H and O–H groups in total. The minimum atomic E-state index is 0.374. The molecule has 0 fully saturated rings. The number of nitriles is 1. The van der Waals surface area contributed by atoms with Crippen LogP contribution in [-0.2, 0) is 6.54 Å². The molecule has 2 aromatic carbocycles. The van der Waals surface area contributed by atoms with Crippen molar-refractivity contribution in [3.63, 3.8) is 0 Å². The summed E-state index contributed by atoms with van der Waals surface area (Å²) in [6, 6.07) is 17.5. The molecule has 0 bridgehead atoms. The maximum atomic E-state index is 8.94. The Morgan fingerprint density at radius 2 is 1.96 bits per heavy atom. The van der Waals surface area contributed by atoms with Crippen LogP contribution >= 0.6 is 0 Å². The number of anilines is 3. The van der Waals surface area contributed by atoms with Gasteiger partial charge >= 0.3 is 0 Å². The number of hydrogen-bond acceptors (Lipinski definition) is 6. The molecule has 0 saturated carbocycles. The molecule has 24 heavy (non-hydrogen) atoms. The average Bonchev–Trinajstić information content (AvgIpc) is 2.62.